The van der Waals surface area contributed by atoms with Crippen LogP contribution in [-0.4, -0.2) is 88.3 Å². The van der Waals surface area contributed by atoms with Crippen molar-refractivity contribution in [1.82, 2.24) is 34.3 Å². The van der Waals surface area contributed by atoms with Crippen LogP contribution < -0.4 is 15.1 Å². The number of H-pyrrole nitrogens is 1. The molecule has 2 aliphatic rings. The number of ether oxygens (including phenoxy) is 2. The van der Waals surface area contributed by atoms with Gasteiger partial charge in [0.25, 0.3) is 21.5 Å². The molecular formula is C26H28N8O6S3. The molecule has 2 saturated heterocycles. The Morgan fingerprint density at radius 1 is 1.19 bits per heavy atom. The van der Waals surface area contributed by atoms with Crippen LogP contribution >= 0.6 is 23.1 Å². The number of nitrogens with zero attached hydrogens (tertiary/aromatic N) is 6. The second-order valence-electron chi connectivity index (χ2n) is 9.87. The molecule has 0 radical (unpaired) electrons. The summed E-state index contributed by atoms with van der Waals surface area (Å²) in [6, 6.07) is 10.8. The van der Waals surface area contributed by atoms with Gasteiger partial charge in [0, 0.05) is 24.5 Å². The number of aryl methyl sites for hydroxylation is 2. The van der Waals surface area contributed by atoms with Crippen molar-refractivity contribution in [2.45, 2.75) is 29.4 Å². The number of hydrazine groups is 1. The van der Waals surface area contributed by atoms with Crippen LogP contribution in [0.2, 0.25) is 0 Å². The molecule has 2 aliphatic heterocycles. The molecule has 2 fully saturated rings. The Morgan fingerprint density at radius 3 is 2.67 bits per heavy atom. The van der Waals surface area contributed by atoms with E-state index in [1.807, 2.05) is 36.6 Å². The van der Waals surface area contributed by atoms with Gasteiger partial charge in [-0.15, -0.1) is 27.9 Å². The fourth-order valence-electron chi connectivity index (χ4n) is 4.71. The summed E-state index contributed by atoms with van der Waals surface area (Å²) < 4.78 is 40.0. The minimum absolute atomic E-state index is 0.00113. The monoisotopic (exact) mass is 644 g/mol. The van der Waals surface area contributed by atoms with E-state index in [-0.39, 0.29) is 11.6 Å². The van der Waals surface area contributed by atoms with E-state index in [1.54, 1.807) is 12.1 Å². The van der Waals surface area contributed by atoms with E-state index in [2.05, 4.69) is 29.9 Å². The molecule has 43 heavy (non-hydrogen) atoms. The number of amides is 1. The number of aromatic amines is 1. The van der Waals surface area contributed by atoms with Crippen molar-refractivity contribution in [3.8, 4) is 5.75 Å². The maximum atomic E-state index is 14.0. The molecule has 5 heterocycles. The minimum Gasteiger partial charge on any atom is -0.446 e. The predicted molar refractivity (Wildman–Crippen MR) is 161 cm³/mol. The Hall–Kier alpha value is -3.61. The second-order valence-corrected chi connectivity index (χ2v) is 13.7. The highest BCUT2D eigenvalue weighted by Gasteiger charge is 2.45. The molecule has 226 valence electrons. The van der Waals surface area contributed by atoms with Gasteiger partial charge < -0.3 is 9.47 Å². The van der Waals surface area contributed by atoms with Crippen LogP contribution in [0.15, 0.2) is 56.5 Å². The highest BCUT2D eigenvalue weighted by molar-refractivity contribution is 8.01. The quantitative estimate of drug-likeness (QED) is 0.204. The Labute approximate surface area is 254 Å². The SMILES string of the molecule is Cc1ccc(O/C=N/c2nc3[nH]nc(C)n3c(=O)c2S(=O)(=O)NN2C(=O)C(CN3CCOCC3)SC2c2cccs2)cc1. The van der Waals surface area contributed by atoms with Gasteiger partial charge in [-0.25, -0.2) is 22.9 Å². The largest absolute Gasteiger partial charge is 0.446 e. The van der Waals surface area contributed by atoms with Gasteiger partial charge in [-0.05, 0) is 37.4 Å². The van der Waals surface area contributed by atoms with E-state index in [9.17, 15) is 18.0 Å². The summed E-state index contributed by atoms with van der Waals surface area (Å²) >= 11 is 2.76. The molecule has 0 aliphatic carbocycles. The molecule has 17 heteroatoms. The third kappa shape index (κ3) is 6.09. The van der Waals surface area contributed by atoms with Crippen molar-refractivity contribution in [3.05, 3.63) is 68.4 Å². The highest BCUT2D eigenvalue weighted by Crippen LogP contribution is 2.44. The van der Waals surface area contributed by atoms with E-state index in [0.717, 1.165) is 26.3 Å². The summed E-state index contributed by atoms with van der Waals surface area (Å²) in [6.45, 7) is 6.39. The number of benzene rings is 1. The number of carbonyl (C=O) groups excluding carboxylic acids is 1. The number of hydrogen-bond acceptors (Lipinski definition) is 12. The van der Waals surface area contributed by atoms with Crippen LogP contribution in [0, 0.1) is 13.8 Å². The summed E-state index contributed by atoms with van der Waals surface area (Å²) in [6.07, 6.45) is 1.01. The molecule has 6 rings (SSSR count). The average Bonchev–Trinajstić information content (AvgIpc) is 3.71. The van der Waals surface area contributed by atoms with Gasteiger partial charge in [-0.1, -0.05) is 23.8 Å². The van der Waals surface area contributed by atoms with Gasteiger partial charge in [-0.2, -0.15) is 15.1 Å². The van der Waals surface area contributed by atoms with Crippen LogP contribution in [0.1, 0.15) is 21.6 Å². The highest BCUT2D eigenvalue weighted by atomic mass is 32.2. The van der Waals surface area contributed by atoms with Crippen molar-refractivity contribution >= 4 is 57.0 Å². The van der Waals surface area contributed by atoms with Gasteiger partial charge in [0.05, 0.1) is 13.2 Å². The summed E-state index contributed by atoms with van der Waals surface area (Å²) in [5.74, 6) is -0.189. The van der Waals surface area contributed by atoms with Crippen molar-refractivity contribution in [1.29, 1.82) is 0 Å². The van der Waals surface area contributed by atoms with Gasteiger partial charge in [0.2, 0.25) is 5.78 Å². The molecule has 0 saturated carbocycles. The fourth-order valence-corrected chi connectivity index (χ4v) is 8.33. The number of fused-ring (bicyclic) bond motifs is 1. The topological polar surface area (TPSA) is 164 Å². The van der Waals surface area contributed by atoms with E-state index < -0.39 is 42.8 Å². The van der Waals surface area contributed by atoms with Crippen molar-refractivity contribution in [2.75, 3.05) is 32.8 Å². The number of thioether (sulfide) groups is 1. The first-order chi connectivity index (χ1) is 20.7. The summed E-state index contributed by atoms with van der Waals surface area (Å²) in [5.41, 5.74) is 0.101. The smallest absolute Gasteiger partial charge is 0.283 e. The zero-order valence-corrected chi connectivity index (χ0v) is 25.6. The maximum absolute atomic E-state index is 14.0. The first-order valence-corrected chi connectivity index (χ1v) is 16.6. The van der Waals surface area contributed by atoms with Gasteiger partial charge in [0.1, 0.15) is 22.2 Å². The van der Waals surface area contributed by atoms with E-state index in [1.165, 1.54) is 30.0 Å². The number of rotatable bonds is 9. The Kier molecular flexibility index (Phi) is 8.34. The number of carbonyl (C=O) groups is 1. The lowest BCUT2D eigenvalue weighted by Gasteiger charge is -2.28. The Bertz CT molecular complexity index is 1820. The number of hydrogen-bond donors (Lipinski definition) is 2. The molecule has 3 aromatic heterocycles. The van der Waals surface area contributed by atoms with Gasteiger partial charge in [-0.3, -0.25) is 14.5 Å². The zero-order chi connectivity index (χ0) is 30.1. The fraction of sp³-hybridized carbons (Fsp3) is 0.346. The normalized spacial score (nSPS) is 20.0. The summed E-state index contributed by atoms with van der Waals surface area (Å²) in [7, 11) is -4.70. The van der Waals surface area contributed by atoms with Crippen LogP contribution in [0.4, 0.5) is 5.82 Å². The van der Waals surface area contributed by atoms with Gasteiger partial charge in [0.15, 0.2) is 17.1 Å². The zero-order valence-electron chi connectivity index (χ0n) is 23.2. The first-order valence-electron chi connectivity index (χ1n) is 13.3. The molecule has 14 nitrogen and oxygen atoms in total. The molecule has 1 amide bonds. The number of sulfonamides is 1. The Balaban J connectivity index is 1.35. The molecule has 0 bridgehead atoms. The molecular weight excluding hydrogens is 617 g/mol. The van der Waals surface area contributed by atoms with Crippen LogP contribution in [0.25, 0.3) is 5.78 Å². The van der Waals surface area contributed by atoms with Gasteiger partial charge >= 0.3 is 0 Å². The standard InChI is InChI=1S/C26H28N8O6S3/c1-16-5-7-18(8-6-16)40-15-27-22-21(24(36)33-17(2)29-30-26(33)28-22)43(37,38)31-34-23(35)20(14-32-9-11-39-12-10-32)42-25(34)19-4-3-13-41-19/h3-8,13,15,20,25,31H,9-12,14H2,1-2H3,(H,28,30)/b27-15+. The van der Waals surface area contributed by atoms with E-state index in [4.69, 9.17) is 9.47 Å². The van der Waals surface area contributed by atoms with Crippen molar-refractivity contribution < 1.29 is 22.7 Å². The van der Waals surface area contributed by atoms with Crippen molar-refractivity contribution in [2.24, 2.45) is 4.99 Å². The number of nitrogens with one attached hydrogen (secondary N) is 2. The van der Waals surface area contributed by atoms with Crippen molar-refractivity contribution in [3.63, 3.8) is 0 Å². The number of thiophene rings is 1. The molecule has 2 N–H and O–H groups in total. The predicted octanol–water partition coefficient (Wildman–Crippen LogP) is 2.00. The number of aliphatic imine (C=N–C) groups is 1. The number of morpholine rings is 1. The molecule has 0 spiro atoms. The Morgan fingerprint density at radius 2 is 1.95 bits per heavy atom. The van der Waals surface area contributed by atoms with Crippen LogP contribution in [0.3, 0.4) is 0 Å². The third-order valence-electron chi connectivity index (χ3n) is 6.89. The maximum Gasteiger partial charge on any atom is 0.283 e. The minimum atomic E-state index is -4.70. The summed E-state index contributed by atoms with van der Waals surface area (Å²) in [5, 5.41) is 8.35. The average molecular weight is 645 g/mol. The lowest BCUT2D eigenvalue weighted by molar-refractivity contribution is -0.132. The third-order valence-corrected chi connectivity index (χ3v) is 10.7. The molecule has 4 aromatic rings. The van der Waals surface area contributed by atoms with Crippen LogP contribution in [-0.2, 0) is 19.6 Å². The van der Waals surface area contributed by atoms with E-state index >= 15 is 0 Å². The van der Waals surface area contributed by atoms with Crippen LogP contribution in [0.5, 0.6) is 5.75 Å². The first kappa shape index (κ1) is 29.5. The molecule has 2 atom stereocenters. The lowest BCUT2D eigenvalue weighted by Crippen LogP contribution is -2.49. The second kappa shape index (κ2) is 12.2. The van der Waals surface area contributed by atoms with E-state index in [0.29, 0.717) is 38.6 Å². The number of aromatic nitrogens is 4. The lowest BCUT2D eigenvalue weighted by atomic mass is 10.2. The molecule has 2 unspecified atom stereocenters. The summed E-state index contributed by atoms with van der Waals surface area (Å²) in [4.78, 5) is 40.2. The molecule has 1 aromatic carbocycles.